The number of halogens is 3. The molecule has 0 saturated heterocycles. The predicted octanol–water partition coefficient (Wildman–Crippen LogP) is 3.82. The van der Waals surface area contributed by atoms with Crippen molar-refractivity contribution >= 4 is 5.69 Å². The molecule has 0 aliphatic rings. The molecule has 90 valence electrons. The molecule has 0 radical (unpaired) electrons. The van der Waals surface area contributed by atoms with E-state index < -0.39 is 22.7 Å². The molecule has 0 atom stereocenters. The lowest BCUT2D eigenvalue weighted by Gasteiger charge is -2.23. The fraction of sp³-hybridized carbons (Fsp3) is 0.500. The van der Waals surface area contributed by atoms with Gasteiger partial charge in [0.1, 0.15) is 5.82 Å². The number of nitrogen functional groups attached to an aromatic ring is 1. The first kappa shape index (κ1) is 12.9. The summed E-state index contributed by atoms with van der Waals surface area (Å²) in [7, 11) is 0. The van der Waals surface area contributed by atoms with Crippen molar-refractivity contribution in [1.29, 1.82) is 0 Å². The number of alkyl halides is 2. The second kappa shape index (κ2) is 3.68. The van der Waals surface area contributed by atoms with Crippen LogP contribution in [-0.4, -0.2) is 0 Å². The van der Waals surface area contributed by atoms with Gasteiger partial charge in [-0.05, 0) is 23.1 Å². The molecular formula is C12H16F3N. The van der Waals surface area contributed by atoms with Crippen molar-refractivity contribution in [3.63, 3.8) is 0 Å². The van der Waals surface area contributed by atoms with Crippen molar-refractivity contribution in [3.8, 4) is 0 Å². The monoisotopic (exact) mass is 231 g/mol. The summed E-state index contributed by atoms with van der Waals surface area (Å²) in [5.74, 6) is -4.09. The van der Waals surface area contributed by atoms with Crippen LogP contribution >= 0.6 is 0 Å². The van der Waals surface area contributed by atoms with E-state index in [0.29, 0.717) is 6.92 Å². The summed E-state index contributed by atoms with van der Waals surface area (Å²) in [5.41, 5.74) is 4.69. The topological polar surface area (TPSA) is 26.0 Å². The van der Waals surface area contributed by atoms with Gasteiger partial charge in [0, 0.05) is 12.6 Å². The van der Waals surface area contributed by atoms with E-state index in [1.807, 2.05) is 0 Å². The van der Waals surface area contributed by atoms with Crippen molar-refractivity contribution in [2.45, 2.75) is 39.0 Å². The van der Waals surface area contributed by atoms with Gasteiger partial charge < -0.3 is 5.73 Å². The van der Waals surface area contributed by atoms with Crippen molar-refractivity contribution < 1.29 is 13.2 Å². The Morgan fingerprint density at radius 1 is 1.00 bits per heavy atom. The first-order chi connectivity index (χ1) is 7.03. The molecular weight excluding hydrogens is 215 g/mol. The minimum absolute atomic E-state index is 0.155. The van der Waals surface area contributed by atoms with Crippen LogP contribution in [0.2, 0.25) is 0 Å². The van der Waals surface area contributed by atoms with Crippen LogP contribution in [0.5, 0.6) is 0 Å². The Balaban J connectivity index is 3.51. The largest absolute Gasteiger partial charge is 0.399 e. The van der Waals surface area contributed by atoms with Crippen molar-refractivity contribution in [2.24, 2.45) is 0 Å². The summed E-state index contributed by atoms with van der Waals surface area (Å²) in [6, 6.07) is 2.40. The average Bonchev–Trinajstić information content (AvgIpc) is 2.04. The van der Waals surface area contributed by atoms with Crippen molar-refractivity contribution in [2.75, 3.05) is 5.73 Å². The van der Waals surface area contributed by atoms with E-state index in [9.17, 15) is 13.2 Å². The summed E-state index contributed by atoms with van der Waals surface area (Å²) >= 11 is 0. The van der Waals surface area contributed by atoms with E-state index in [-0.39, 0.29) is 11.3 Å². The zero-order valence-electron chi connectivity index (χ0n) is 9.87. The molecule has 0 unspecified atom stereocenters. The van der Waals surface area contributed by atoms with E-state index >= 15 is 0 Å². The molecule has 0 saturated carbocycles. The lowest BCUT2D eigenvalue weighted by molar-refractivity contribution is 0.0135. The quantitative estimate of drug-likeness (QED) is 0.730. The van der Waals surface area contributed by atoms with Crippen molar-refractivity contribution in [3.05, 3.63) is 29.1 Å². The van der Waals surface area contributed by atoms with E-state index in [2.05, 4.69) is 0 Å². The molecule has 0 fully saturated rings. The lowest BCUT2D eigenvalue weighted by atomic mass is 9.84. The zero-order chi connectivity index (χ0) is 12.7. The van der Waals surface area contributed by atoms with Crippen LogP contribution < -0.4 is 5.73 Å². The van der Waals surface area contributed by atoms with Gasteiger partial charge in [0.2, 0.25) is 0 Å². The van der Waals surface area contributed by atoms with E-state index in [1.165, 1.54) is 6.07 Å². The minimum atomic E-state index is -3.22. The second-order valence-electron chi connectivity index (χ2n) is 5.07. The molecule has 1 rings (SSSR count). The summed E-state index contributed by atoms with van der Waals surface area (Å²) in [6.07, 6.45) is 0. The Labute approximate surface area is 93.5 Å². The molecule has 0 amide bonds. The number of hydrogen-bond donors (Lipinski definition) is 1. The molecule has 0 aliphatic carbocycles. The maximum atomic E-state index is 13.9. The third-order valence-corrected chi connectivity index (χ3v) is 2.38. The van der Waals surface area contributed by atoms with Gasteiger partial charge in [-0.15, -0.1) is 0 Å². The van der Waals surface area contributed by atoms with E-state index in [0.717, 1.165) is 6.07 Å². The first-order valence-corrected chi connectivity index (χ1v) is 5.01. The Kier molecular flexibility index (Phi) is 2.96. The van der Waals surface area contributed by atoms with Gasteiger partial charge in [-0.1, -0.05) is 20.8 Å². The molecule has 1 nitrogen and oxygen atoms in total. The van der Waals surface area contributed by atoms with Crippen molar-refractivity contribution in [1.82, 2.24) is 0 Å². The number of hydrogen-bond acceptors (Lipinski definition) is 1. The summed E-state index contributed by atoms with van der Waals surface area (Å²) < 4.78 is 40.2. The summed E-state index contributed by atoms with van der Waals surface area (Å²) in [4.78, 5) is 0. The van der Waals surface area contributed by atoms with E-state index in [4.69, 9.17) is 5.73 Å². The smallest absolute Gasteiger partial charge is 0.273 e. The van der Waals surface area contributed by atoms with Gasteiger partial charge in [0.15, 0.2) is 0 Å². The number of anilines is 1. The molecule has 0 aliphatic heterocycles. The van der Waals surface area contributed by atoms with Crippen LogP contribution in [0, 0.1) is 5.82 Å². The third kappa shape index (κ3) is 2.49. The van der Waals surface area contributed by atoms with Gasteiger partial charge in [-0.2, -0.15) is 0 Å². The lowest BCUT2D eigenvalue weighted by Crippen LogP contribution is -2.19. The minimum Gasteiger partial charge on any atom is -0.399 e. The number of rotatable bonds is 1. The molecule has 1 aromatic rings. The first-order valence-electron chi connectivity index (χ1n) is 5.01. The Morgan fingerprint density at radius 3 is 1.81 bits per heavy atom. The van der Waals surface area contributed by atoms with Gasteiger partial charge in [0.05, 0.1) is 5.56 Å². The SMILES string of the molecule is CC(C)(C)c1cc(N)cc(C(C)(F)F)c1F. The Bertz CT molecular complexity index is 365. The number of benzene rings is 1. The molecule has 0 aromatic heterocycles. The van der Waals surface area contributed by atoms with Crippen LogP contribution in [0.4, 0.5) is 18.9 Å². The van der Waals surface area contributed by atoms with Gasteiger partial charge >= 0.3 is 0 Å². The third-order valence-electron chi connectivity index (χ3n) is 2.38. The molecule has 16 heavy (non-hydrogen) atoms. The molecule has 1 aromatic carbocycles. The highest BCUT2D eigenvalue weighted by molar-refractivity contribution is 5.48. The second-order valence-corrected chi connectivity index (χ2v) is 5.07. The highest BCUT2D eigenvalue weighted by atomic mass is 19.3. The highest BCUT2D eigenvalue weighted by Gasteiger charge is 2.32. The molecule has 4 heteroatoms. The summed E-state index contributed by atoms with van der Waals surface area (Å²) in [6.45, 7) is 5.92. The summed E-state index contributed by atoms with van der Waals surface area (Å²) in [5, 5.41) is 0. The normalized spacial score (nSPS) is 12.9. The average molecular weight is 231 g/mol. The van der Waals surface area contributed by atoms with Crippen LogP contribution in [-0.2, 0) is 11.3 Å². The Hall–Kier alpha value is -1.19. The van der Waals surface area contributed by atoms with Crippen LogP contribution in [0.1, 0.15) is 38.8 Å². The van der Waals surface area contributed by atoms with Crippen LogP contribution in [0.25, 0.3) is 0 Å². The maximum absolute atomic E-state index is 13.9. The van der Waals surface area contributed by atoms with Gasteiger partial charge in [-0.25, -0.2) is 13.2 Å². The van der Waals surface area contributed by atoms with E-state index in [1.54, 1.807) is 20.8 Å². The van der Waals surface area contributed by atoms with Crippen LogP contribution in [0.3, 0.4) is 0 Å². The molecule has 0 bridgehead atoms. The predicted molar refractivity (Wildman–Crippen MR) is 59.1 cm³/mol. The van der Waals surface area contributed by atoms with Gasteiger partial charge in [0.25, 0.3) is 5.92 Å². The van der Waals surface area contributed by atoms with Gasteiger partial charge in [-0.3, -0.25) is 0 Å². The Morgan fingerprint density at radius 2 is 1.44 bits per heavy atom. The number of nitrogens with two attached hydrogens (primary N) is 1. The van der Waals surface area contributed by atoms with Crippen LogP contribution in [0.15, 0.2) is 12.1 Å². The maximum Gasteiger partial charge on any atom is 0.273 e. The standard InChI is InChI=1S/C12H16F3N/c1-11(2,3)8-5-7(16)6-9(10(8)13)12(4,14)15/h5-6H,16H2,1-4H3. The zero-order valence-corrected chi connectivity index (χ0v) is 9.87. The molecule has 0 heterocycles. The fourth-order valence-corrected chi connectivity index (χ4v) is 1.51. The molecule has 0 spiro atoms. The fourth-order valence-electron chi connectivity index (χ4n) is 1.51. The highest BCUT2D eigenvalue weighted by Crippen LogP contribution is 2.36. The molecule has 2 N–H and O–H groups in total.